The van der Waals surface area contributed by atoms with Crippen molar-refractivity contribution in [1.29, 1.82) is 0 Å². The Morgan fingerprint density at radius 1 is 0.917 bits per heavy atom. The monoisotopic (exact) mass is 326 g/mol. The molecule has 24 heavy (non-hydrogen) atoms. The van der Waals surface area contributed by atoms with E-state index < -0.39 is 11.8 Å². The molecule has 0 aliphatic carbocycles. The Morgan fingerprint density at radius 2 is 1.62 bits per heavy atom. The van der Waals surface area contributed by atoms with Crippen LogP contribution in [0.4, 0.5) is 5.69 Å². The summed E-state index contributed by atoms with van der Waals surface area (Å²) in [7, 11) is 0. The Kier molecular flexibility index (Phi) is 5.95. The first-order valence-corrected chi connectivity index (χ1v) is 7.81. The second-order valence-corrected chi connectivity index (χ2v) is 5.67. The van der Waals surface area contributed by atoms with Gasteiger partial charge in [-0.15, -0.1) is 0 Å². The zero-order valence-electron chi connectivity index (χ0n) is 14.2. The van der Waals surface area contributed by atoms with Crippen LogP contribution in [0.15, 0.2) is 42.5 Å². The molecule has 5 nitrogen and oxygen atoms in total. The molecule has 0 unspecified atom stereocenters. The van der Waals surface area contributed by atoms with E-state index in [1.54, 1.807) is 6.07 Å². The summed E-state index contributed by atoms with van der Waals surface area (Å²) < 4.78 is 5.49. The third-order valence-electron chi connectivity index (χ3n) is 3.65. The highest BCUT2D eigenvalue weighted by molar-refractivity contribution is 6.39. The highest BCUT2D eigenvalue weighted by Gasteiger charge is 2.13. The van der Waals surface area contributed by atoms with Crippen molar-refractivity contribution in [2.45, 2.75) is 20.8 Å². The topological polar surface area (TPSA) is 67.4 Å². The molecule has 0 spiro atoms. The summed E-state index contributed by atoms with van der Waals surface area (Å²) in [6.45, 7) is 6.49. The molecule has 2 aromatic carbocycles. The van der Waals surface area contributed by atoms with Crippen LogP contribution in [0.3, 0.4) is 0 Å². The first-order chi connectivity index (χ1) is 11.5. The van der Waals surface area contributed by atoms with E-state index in [1.807, 2.05) is 57.2 Å². The van der Waals surface area contributed by atoms with Crippen molar-refractivity contribution >= 4 is 17.5 Å². The first-order valence-electron chi connectivity index (χ1n) is 7.81. The summed E-state index contributed by atoms with van der Waals surface area (Å²) in [4.78, 5) is 23.6. The maximum Gasteiger partial charge on any atom is 0.313 e. The number of carbonyl (C=O) groups excluding carboxylic acids is 2. The minimum atomic E-state index is -0.686. The Morgan fingerprint density at radius 3 is 2.29 bits per heavy atom. The lowest BCUT2D eigenvalue weighted by molar-refractivity contribution is -0.136. The van der Waals surface area contributed by atoms with Gasteiger partial charge in [0.05, 0.1) is 6.54 Å². The van der Waals surface area contributed by atoms with E-state index >= 15 is 0 Å². The van der Waals surface area contributed by atoms with Crippen LogP contribution in [0.1, 0.15) is 16.7 Å². The standard InChI is InChI=1S/C19H22N2O3/c1-13-4-8-17(9-5-13)24-11-10-20-18(22)19(23)21-16-7-6-14(2)15(3)12-16/h4-9,12H,10-11H2,1-3H3,(H,20,22)(H,21,23). The fourth-order valence-electron chi connectivity index (χ4n) is 2.06. The van der Waals surface area contributed by atoms with Crippen LogP contribution in [-0.2, 0) is 9.59 Å². The summed E-state index contributed by atoms with van der Waals surface area (Å²) in [6, 6.07) is 13.1. The average Bonchev–Trinajstić information content (AvgIpc) is 2.56. The third-order valence-corrected chi connectivity index (χ3v) is 3.65. The van der Waals surface area contributed by atoms with Crippen LogP contribution in [0.25, 0.3) is 0 Å². The molecule has 0 aromatic heterocycles. The Labute approximate surface area is 142 Å². The molecular formula is C19H22N2O3. The van der Waals surface area contributed by atoms with Crippen molar-refractivity contribution in [3.63, 3.8) is 0 Å². The predicted molar refractivity (Wildman–Crippen MR) is 94.2 cm³/mol. The lowest BCUT2D eigenvalue weighted by atomic mass is 10.1. The Hall–Kier alpha value is -2.82. The van der Waals surface area contributed by atoms with Crippen LogP contribution < -0.4 is 15.4 Å². The zero-order chi connectivity index (χ0) is 17.5. The van der Waals surface area contributed by atoms with Crippen LogP contribution >= 0.6 is 0 Å². The van der Waals surface area contributed by atoms with Gasteiger partial charge in [0.1, 0.15) is 12.4 Å². The summed E-state index contributed by atoms with van der Waals surface area (Å²) >= 11 is 0. The van der Waals surface area contributed by atoms with Crippen molar-refractivity contribution in [2.24, 2.45) is 0 Å². The van der Waals surface area contributed by atoms with Gasteiger partial charge in [-0.05, 0) is 56.2 Å². The van der Waals surface area contributed by atoms with Crippen molar-refractivity contribution in [3.05, 3.63) is 59.2 Å². The highest BCUT2D eigenvalue weighted by Crippen LogP contribution is 2.14. The van der Waals surface area contributed by atoms with Gasteiger partial charge in [-0.2, -0.15) is 0 Å². The van der Waals surface area contributed by atoms with Gasteiger partial charge in [0.25, 0.3) is 0 Å². The van der Waals surface area contributed by atoms with Gasteiger partial charge in [0, 0.05) is 5.69 Å². The molecule has 0 radical (unpaired) electrons. The summed E-state index contributed by atoms with van der Waals surface area (Å²) in [5.41, 5.74) is 3.94. The van der Waals surface area contributed by atoms with E-state index in [0.717, 1.165) is 22.4 Å². The lowest BCUT2D eigenvalue weighted by Crippen LogP contribution is -2.37. The number of carbonyl (C=O) groups is 2. The molecule has 2 amide bonds. The highest BCUT2D eigenvalue weighted by atomic mass is 16.5. The van der Waals surface area contributed by atoms with Gasteiger partial charge >= 0.3 is 11.8 Å². The molecule has 0 atom stereocenters. The minimum Gasteiger partial charge on any atom is -0.492 e. The van der Waals surface area contributed by atoms with Gasteiger partial charge in [0.15, 0.2) is 0 Å². The molecule has 0 saturated heterocycles. The SMILES string of the molecule is Cc1ccc(OCCNC(=O)C(=O)Nc2ccc(C)c(C)c2)cc1. The van der Waals surface area contributed by atoms with Gasteiger partial charge in [-0.25, -0.2) is 0 Å². The summed E-state index contributed by atoms with van der Waals surface area (Å²) in [5, 5.41) is 5.12. The first kappa shape index (κ1) is 17.5. The maximum atomic E-state index is 11.8. The molecular weight excluding hydrogens is 304 g/mol. The number of ether oxygens (including phenoxy) is 1. The van der Waals surface area contributed by atoms with Crippen molar-refractivity contribution in [3.8, 4) is 5.75 Å². The molecule has 0 heterocycles. The van der Waals surface area contributed by atoms with Crippen molar-refractivity contribution in [1.82, 2.24) is 5.32 Å². The number of hydrogen-bond acceptors (Lipinski definition) is 3. The number of hydrogen-bond donors (Lipinski definition) is 2. The maximum absolute atomic E-state index is 11.8. The second-order valence-electron chi connectivity index (χ2n) is 5.67. The average molecular weight is 326 g/mol. The van der Waals surface area contributed by atoms with Gasteiger partial charge in [0.2, 0.25) is 0 Å². The molecule has 0 aliphatic heterocycles. The largest absolute Gasteiger partial charge is 0.492 e. The molecule has 0 saturated carbocycles. The zero-order valence-corrected chi connectivity index (χ0v) is 14.2. The van der Waals surface area contributed by atoms with Gasteiger partial charge in [-0.1, -0.05) is 23.8 Å². The number of benzene rings is 2. The van der Waals surface area contributed by atoms with Crippen LogP contribution in [0, 0.1) is 20.8 Å². The molecule has 5 heteroatoms. The number of amides is 2. The number of aryl methyl sites for hydroxylation is 3. The molecule has 126 valence electrons. The van der Waals surface area contributed by atoms with E-state index in [2.05, 4.69) is 10.6 Å². The minimum absolute atomic E-state index is 0.257. The van der Waals surface area contributed by atoms with E-state index in [0.29, 0.717) is 12.3 Å². The Balaban J connectivity index is 1.74. The molecule has 0 bridgehead atoms. The number of nitrogens with one attached hydrogen (secondary N) is 2. The summed E-state index contributed by atoms with van der Waals surface area (Å²) in [5.74, 6) is -0.635. The molecule has 0 fully saturated rings. The molecule has 2 aromatic rings. The van der Waals surface area contributed by atoms with Crippen molar-refractivity contribution < 1.29 is 14.3 Å². The van der Waals surface area contributed by atoms with E-state index in [-0.39, 0.29) is 6.54 Å². The van der Waals surface area contributed by atoms with Crippen molar-refractivity contribution in [2.75, 3.05) is 18.5 Å². The normalized spacial score (nSPS) is 10.1. The van der Waals surface area contributed by atoms with Crippen LogP contribution in [0.2, 0.25) is 0 Å². The predicted octanol–water partition coefficient (Wildman–Crippen LogP) is 2.75. The number of rotatable bonds is 5. The van der Waals surface area contributed by atoms with Crippen LogP contribution in [-0.4, -0.2) is 25.0 Å². The number of anilines is 1. The van der Waals surface area contributed by atoms with Crippen LogP contribution in [0.5, 0.6) is 5.75 Å². The molecule has 2 N–H and O–H groups in total. The molecule has 2 rings (SSSR count). The quantitative estimate of drug-likeness (QED) is 0.656. The summed E-state index contributed by atoms with van der Waals surface area (Å²) in [6.07, 6.45) is 0. The van der Waals surface area contributed by atoms with E-state index in [9.17, 15) is 9.59 Å². The van der Waals surface area contributed by atoms with E-state index in [1.165, 1.54) is 0 Å². The lowest BCUT2D eigenvalue weighted by Gasteiger charge is -2.09. The van der Waals surface area contributed by atoms with Gasteiger partial charge < -0.3 is 15.4 Å². The second kappa shape index (κ2) is 8.15. The van der Waals surface area contributed by atoms with E-state index in [4.69, 9.17) is 4.74 Å². The third kappa shape index (κ3) is 5.12. The fourth-order valence-corrected chi connectivity index (χ4v) is 2.06. The van der Waals surface area contributed by atoms with Gasteiger partial charge in [-0.3, -0.25) is 9.59 Å². The fraction of sp³-hybridized carbons (Fsp3) is 0.263. The molecule has 0 aliphatic rings. The smallest absolute Gasteiger partial charge is 0.313 e. The Bertz CT molecular complexity index is 724.